The van der Waals surface area contributed by atoms with Crippen molar-refractivity contribution < 1.29 is 4.74 Å². The Labute approximate surface area is 72.5 Å². The van der Waals surface area contributed by atoms with Crippen molar-refractivity contribution in [2.24, 2.45) is 0 Å². The van der Waals surface area contributed by atoms with Gasteiger partial charge in [-0.3, -0.25) is 0 Å². The number of nitrogens with one attached hydrogen (secondary N) is 1. The molecule has 1 N–H and O–H groups in total. The first-order valence-corrected chi connectivity index (χ1v) is 4.33. The molecule has 0 unspecified atom stereocenters. The molecule has 12 heavy (non-hydrogen) atoms. The molecular formula is C10H13NO. The van der Waals surface area contributed by atoms with Crippen LogP contribution in [0.4, 0.5) is 5.69 Å². The molecule has 2 nitrogen and oxygen atoms in total. The first-order chi connectivity index (χ1) is 5.88. The highest BCUT2D eigenvalue weighted by atomic mass is 16.5. The molecular weight excluding hydrogens is 150 g/mol. The van der Waals surface area contributed by atoms with Crippen LogP contribution in [0.2, 0.25) is 0 Å². The van der Waals surface area contributed by atoms with Crippen molar-refractivity contribution in [3.63, 3.8) is 0 Å². The van der Waals surface area contributed by atoms with Crippen LogP contribution in [0.25, 0.3) is 0 Å². The van der Waals surface area contributed by atoms with E-state index in [-0.39, 0.29) is 0 Å². The lowest BCUT2D eigenvalue weighted by atomic mass is 10.3. The second-order valence-corrected chi connectivity index (χ2v) is 3.09. The van der Waals surface area contributed by atoms with Crippen LogP contribution in [0.15, 0.2) is 24.3 Å². The molecule has 1 saturated carbocycles. The molecule has 0 heterocycles. The Hall–Kier alpha value is -1.18. The standard InChI is InChI=1S/C10H13NO/c1-11-8-2-4-9(5-3-8)12-10-6-7-10/h2-5,10-11H,6-7H2,1H3. The topological polar surface area (TPSA) is 21.3 Å². The van der Waals surface area contributed by atoms with E-state index in [0.717, 1.165) is 11.4 Å². The summed E-state index contributed by atoms with van der Waals surface area (Å²) in [4.78, 5) is 0. The van der Waals surface area contributed by atoms with E-state index in [1.54, 1.807) is 0 Å². The maximum atomic E-state index is 5.60. The normalized spacial score (nSPS) is 15.8. The average molecular weight is 163 g/mol. The minimum Gasteiger partial charge on any atom is -0.490 e. The predicted octanol–water partition coefficient (Wildman–Crippen LogP) is 2.27. The molecule has 0 saturated heterocycles. The summed E-state index contributed by atoms with van der Waals surface area (Å²) in [7, 11) is 1.91. The molecule has 64 valence electrons. The Morgan fingerprint density at radius 1 is 1.25 bits per heavy atom. The van der Waals surface area contributed by atoms with Crippen LogP contribution in [-0.4, -0.2) is 13.2 Å². The van der Waals surface area contributed by atoms with E-state index < -0.39 is 0 Å². The van der Waals surface area contributed by atoms with Gasteiger partial charge in [0.15, 0.2) is 0 Å². The van der Waals surface area contributed by atoms with Gasteiger partial charge in [-0.25, -0.2) is 0 Å². The number of hydrogen-bond donors (Lipinski definition) is 1. The van der Waals surface area contributed by atoms with Gasteiger partial charge in [-0.05, 0) is 37.1 Å². The van der Waals surface area contributed by atoms with Crippen molar-refractivity contribution in [1.29, 1.82) is 0 Å². The molecule has 0 aromatic heterocycles. The van der Waals surface area contributed by atoms with Crippen LogP contribution in [-0.2, 0) is 0 Å². The minimum absolute atomic E-state index is 0.491. The van der Waals surface area contributed by atoms with Crippen molar-refractivity contribution in [1.82, 2.24) is 0 Å². The highest BCUT2D eigenvalue weighted by Crippen LogP contribution is 2.27. The van der Waals surface area contributed by atoms with Crippen LogP contribution in [0, 0.1) is 0 Å². The van der Waals surface area contributed by atoms with E-state index in [1.807, 2.05) is 31.3 Å². The lowest BCUT2D eigenvalue weighted by Crippen LogP contribution is -1.95. The molecule has 1 aromatic carbocycles. The van der Waals surface area contributed by atoms with Crippen molar-refractivity contribution >= 4 is 5.69 Å². The van der Waals surface area contributed by atoms with Gasteiger partial charge in [0.05, 0.1) is 6.10 Å². The molecule has 0 bridgehead atoms. The van der Waals surface area contributed by atoms with Crippen molar-refractivity contribution in [2.45, 2.75) is 18.9 Å². The zero-order valence-electron chi connectivity index (χ0n) is 7.21. The molecule has 0 aliphatic heterocycles. The number of anilines is 1. The molecule has 1 aliphatic carbocycles. The van der Waals surface area contributed by atoms with Gasteiger partial charge in [-0.2, -0.15) is 0 Å². The molecule has 2 heteroatoms. The SMILES string of the molecule is CNc1ccc(OC2CC2)cc1. The number of rotatable bonds is 3. The van der Waals surface area contributed by atoms with Gasteiger partial charge in [-0.15, -0.1) is 0 Å². The third-order valence-corrected chi connectivity index (χ3v) is 1.97. The summed E-state index contributed by atoms with van der Waals surface area (Å²) in [6.07, 6.45) is 2.92. The fourth-order valence-electron chi connectivity index (χ4n) is 1.08. The van der Waals surface area contributed by atoms with Crippen LogP contribution >= 0.6 is 0 Å². The van der Waals surface area contributed by atoms with Crippen molar-refractivity contribution in [2.75, 3.05) is 12.4 Å². The van der Waals surface area contributed by atoms with E-state index >= 15 is 0 Å². The maximum Gasteiger partial charge on any atom is 0.119 e. The van der Waals surface area contributed by atoms with Gasteiger partial charge in [-0.1, -0.05) is 0 Å². The van der Waals surface area contributed by atoms with Crippen LogP contribution in [0.5, 0.6) is 5.75 Å². The smallest absolute Gasteiger partial charge is 0.119 e. The van der Waals surface area contributed by atoms with E-state index in [0.29, 0.717) is 6.10 Å². The number of ether oxygens (including phenoxy) is 1. The van der Waals surface area contributed by atoms with E-state index in [4.69, 9.17) is 4.74 Å². The quantitative estimate of drug-likeness (QED) is 0.738. The first-order valence-electron chi connectivity index (χ1n) is 4.33. The van der Waals surface area contributed by atoms with E-state index in [2.05, 4.69) is 5.32 Å². The second-order valence-electron chi connectivity index (χ2n) is 3.09. The molecule has 0 radical (unpaired) electrons. The second kappa shape index (κ2) is 3.05. The number of hydrogen-bond acceptors (Lipinski definition) is 2. The fourth-order valence-corrected chi connectivity index (χ4v) is 1.08. The van der Waals surface area contributed by atoms with Crippen LogP contribution in [0.3, 0.4) is 0 Å². The molecule has 1 aliphatic rings. The van der Waals surface area contributed by atoms with Gasteiger partial charge < -0.3 is 10.1 Å². The summed E-state index contributed by atoms with van der Waals surface area (Å²) in [5.41, 5.74) is 1.12. The zero-order valence-corrected chi connectivity index (χ0v) is 7.21. The van der Waals surface area contributed by atoms with Crippen molar-refractivity contribution in [3.05, 3.63) is 24.3 Å². The van der Waals surface area contributed by atoms with Gasteiger partial charge >= 0.3 is 0 Å². The molecule has 2 rings (SSSR count). The van der Waals surface area contributed by atoms with Crippen LogP contribution < -0.4 is 10.1 Å². The summed E-state index contributed by atoms with van der Waals surface area (Å²) >= 11 is 0. The van der Waals surface area contributed by atoms with Gasteiger partial charge in [0.2, 0.25) is 0 Å². The predicted molar refractivity (Wildman–Crippen MR) is 49.6 cm³/mol. The fraction of sp³-hybridized carbons (Fsp3) is 0.400. The van der Waals surface area contributed by atoms with Gasteiger partial charge in [0, 0.05) is 12.7 Å². The Morgan fingerprint density at radius 2 is 1.92 bits per heavy atom. The summed E-state index contributed by atoms with van der Waals surface area (Å²) in [6.45, 7) is 0. The maximum absolute atomic E-state index is 5.60. The van der Waals surface area contributed by atoms with Crippen LogP contribution in [0.1, 0.15) is 12.8 Å². The first kappa shape index (κ1) is 7.47. The summed E-state index contributed by atoms with van der Waals surface area (Å²) in [6, 6.07) is 8.06. The van der Waals surface area contributed by atoms with Gasteiger partial charge in [0.25, 0.3) is 0 Å². The Balaban J connectivity index is 2.02. The Morgan fingerprint density at radius 3 is 2.42 bits per heavy atom. The Kier molecular flexibility index (Phi) is 1.90. The average Bonchev–Trinajstić information content (AvgIpc) is 2.90. The minimum atomic E-state index is 0.491. The lowest BCUT2D eigenvalue weighted by Gasteiger charge is -2.04. The molecule has 0 amide bonds. The van der Waals surface area contributed by atoms with Gasteiger partial charge in [0.1, 0.15) is 5.75 Å². The monoisotopic (exact) mass is 163 g/mol. The largest absolute Gasteiger partial charge is 0.490 e. The third-order valence-electron chi connectivity index (χ3n) is 1.97. The molecule has 1 aromatic rings. The lowest BCUT2D eigenvalue weighted by molar-refractivity contribution is 0.303. The summed E-state index contributed by atoms with van der Waals surface area (Å²) in [5.74, 6) is 0.983. The highest BCUT2D eigenvalue weighted by molar-refractivity contribution is 5.45. The molecule has 0 atom stereocenters. The zero-order chi connectivity index (χ0) is 8.39. The van der Waals surface area contributed by atoms with E-state index in [9.17, 15) is 0 Å². The Bertz CT molecular complexity index is 251. The third kappa shape index (κ3) is 1.70. The highest BCUT2D eigenvalue weighted by Gasteiger charge is 2.23. The molecule has 0 spiro atoms. The summed E-state index contributed by atoms with van der Waals surface area (Å²) in [5, 5.41) is 3.07. The molecule has 1 fully saturated rings. The van der Waals surface area contributed by atoms with Crippen molar-refractivity contribution in [3.8, 4) is 5.75 Å². The number of benzene rings is 1. The van der Waals surface area contributed by atoms with E-state index in [1.165, 1.54) is 12.8 Å². The summed E-state index contributed by atoms with van der Waals surface area (Å²) < 4.78 is 5.60.